The predicted octanol–water partition coefficient (Wildman–Crippen LogP) is 1.22. The number of carbonyl (C=O) groups excluding carboxylic acids is 1. The molecule has 0 spiro atoms. The molecule has 0 radical (unpaired) electrons. The number of rotatable bonds is 1. The van der Waals surface area contributed by atoms with Crippen molar-refractivity contribution in [1.29, 1.82) is 0 Å². The van der Waals surface area contributed by atoms with Crippen molar-refractivity contribution in [3.63, 3.8) is 0 Å². The third-order valence-electron chi connectivity index (χ3n) is 3.73. The van der Waals surface area contributed by atoms with Gasteiger partial charge in [0.05, 0.1) is 16.3 Å². The fraction of sp³-hybridized carbons (Fsp3) is 0.533. The van der Waals surface area contributed by atoms with E-state index in [0.29, 0.717) is 6.54 Å². The highest BCUT2D eigenvalue weighted by molar-refractivity contribution is 7.14. The lowest BCUT2D eigenvalue weighted by molar-refractivity contribution is 0.0315. The highest BCUT2D eigenvalue weighted by Crippen LogP contribution is 2.23. The van der Waals surface area contributed by atoms with Gasteiger partial charge in [-0.05, 0) is 33.0 Å². The smallest absolute Gasteiger partial charge is 0.264 e. The highest BCUT2D eigenvalue weighted by atomic mass is 32.1. The number of likely N-dealkylation sites (N-methyl/N-ethyl adjacent to an activating group) is 1. The lowest BCUT2D eigenvalue weighted by Gasteiger charge is -2.45. The Morgan fingerprint density at radius 2 is 2.20 bits per heavy atom. The van der Waals surface area contributed by atoms with Crippen LogP contribution in [0.1, 0.15) is 28.4 Å². The van der Waals surface area contributed by atoms with Gasteiger partial charge in [0.2, 0.25) is 0 Å². The molecule has 0 atom stereocenters. The van der Waals surface area contributed by atoms with Crippen LogP contribution >= 0.6 is 11.3 Å². The molecule has 0 aliphatic carbocycles. The van der Waals surface area contributed by atoms with Crippen LogP contribution in [0.25, 0.3) is 0 Å². The van der Waals surface area contributed by atoms with E-state index >= 15 is 0 Å². The van der Waals surface area contributed by atoms with Crippen molar-refractivity contribution < 1.29 is 4.79 Å². The fourth-order valence-electron chi connectivity index (χ4n) is 2.23. The number of amides is 1. The van der Waals surface area contributed by atoms with E-state index in [1.165, 1.54) is 11.3 Å². The highest BCUT2D eigenvalue weighted by Gasteiger charge is 2.33. The van der Waals surface area contributed by atoms with Crippen LogP contribution in [0, 0.1) is 11.8 Å². The molecule has 0 saturated carbocycles. The minimum absolute atomic E-state index is 0.0212. The van der Waals surface area contributed by atoms with E-state index in [9.17, 15) is 4.79 Å². The van der Waals surface area contributed by atoms with Crippen LogP contribution in [0.5, 0.6) is 0 Å². The molecular weight excluding hydrogens is 270 g/mol. The van der Waals surface area contributed by atoms with Gasteiger partial charge in [0.25, 0.3) is 5.91 Å². The molecule has 2 heterocycles. The van der Waals surface area contributed by atoms with E-state index in [2.05, 4.69) is 37.6 Å². The van der Waals surface area contributed by atoms with Gasteiger partial charge in [-0.25, -0.2) is 0 Å². The summed E-state index contributed by atoms with van der Waals surface area (Å²) in [6.07, 6.45) is 0. The Balaban J connectivity index is 2.10. The molecule has 1 aliphatic rings. The monoisotopic (exact) mass is 291 g/mol. The standard InChI is InChI=1S/C15H21N3OS/c1-15(2)11-18(10-9-17(15)3)14(19)13-7-6-12(20-13)5-4-8-16/h6-7H,8-11,16H2,1-3H3. The van der Waals surface area contributed by atoms with Gasteiger partial charge in [-0.2, -0.15) is 0 Å². The van der Waals surface area contributed by atoms with E-state index in [4.69, 9.17) is 5.73 Å². The van der Waals surface area contributed by atoms with Gasteiger partial charge in [0, 0.05) is 25.2 Å². The first-order valence-electron chi connectivity index (χ1n) is 6.73. The van der Waals surface area contributed by atoms with Gasteiger partial charge in [0.15, 0.2) is 0 Å². The second kappa shape index (κ2) is 5.96. The van der Waals surface area contributed by atoms with Crippen LogP contribution in [-0.2, 0) is 0 Å². The topological polar surface area (TPSA) is 49.6 Å². The maximum absolute atomic E-state index is 12.5. The Bertz CT molecular complexity index is 553. The summed E-state index contributed by atoms with van der Waals surface area (Å²) in [7, 11) is 2.10. The first-order valence-corrected chi connectivity index (χ1v) is 7.55. The Morgan fingerprint density at radius 1 is 1.45 bits per heavy atom. The van der Waals surface area contributed by atoms with Crippen LogP contribution in [-0.4, -0.2) is 54.5 Å². The zero-order valence-electron chi connectivity index (χ0n) is 12.3. The fourth-order valence-corrected chi connectivity index (χ4v) is 3.08. The van der Waals surface area contributed by atoms with Crippen LogP contribution in [0.3, 0.4) is 0 Å². The number of nitrogens with zero attached hydrogens (tertiary/aromatic N) is 2. The molecule has 1 aromatic heterocycles. The number of nitrogens with two attached hydrogens (primary N) is 1. The van der Waals surface area contributed by atoms with Crippen molar-refractivity contribution in [2.75, 3.05) is 33.2 Å². The maximum atomic E-state index is 12.5. The van der Waals surface area contributed by atoms with Gasteiger partial charge in [0.1, 0.15) is 0 Å². The molecule has 1 saturated heterocycles. The van der Waals surface area contributed by atoms with Crippen LogP contribution in [0.2, 0.25) is 0 Å². The Hall–Kier alpha value is -1.35. The Morgan fingerprint density at radius 3 is 2.85 bits per heavy atom. The van der Waals surface area contributed by atoms with E-state index in [0.717, 1.165) is 29.4 Å². The van der Waals surface area contributed by atoms with Crippen molar-refractivity contribution in [2.24, 2.45) is 5.73 Å². The van der Waals surface area contributed by atoms with Crippen molar-refractivity contribution >= 4 is 17.2 Å². The molecule has 108 valence electrons. The molecule has 1 aromatic rings. The molecule has 1 fully saturated rings. The second-order valence-electron chi connectivity index (χ2n) is 5.63. The molecule has 1 aliphatic heterocycles. The minimum Gasteiger partial charge on any atom is -0.335 e. The van der Waals surface area contributed by atoms with Gasteiger partial charge in [-0.1, -0.05) is 11.8 Å². The summed E-state index contributed by atoms with van der Waals surface area (Å²) < 4.78 is 0. The molecule has 0 bridgehead atoms. The lowest BCUT2D eigenvalue weighted by atomic mass is 9.99. The molecular formula is C15H21N3OS. The zero-order chi connectivity index (χ0) is 14.8. The first kappa shape index (κ1) is 15.0. The minimum atomic E-state index is 0.0212. The first-order chi connectivity index (χ1) is 9.44. The average molecular weight is 291 g/mol. The largest absolute Gasteiger partial charge is 0.335 e. The van der Waals surface area contributed by atoms with Crippen LogP contribution in [0.15, 0.2) is 12.1 Å². The third kappa shape index (κ3) is 3.21. The van der Waals surface area contributed by atoms with Crippen molar-refractivity contribution in [3.8, 4) is 11.8 Å². The van der Waals surface area contributed by atoms with Gasteiger partial charge < -0.3 is 10.6 Å². The molecule has 0 aromatic carbocycles. The number of piperazine rings is 1. The SMILES string of the molecule is CN1CCN(C(=O)c2ccc(C#CCN)s2)CC1(C)C. The quantitative estimate of drug-likeness (QED) is 0.792. The summed E-state index contributed by atoms with van der Waals surface area (Å²) in [6.45, 7) is 7.11. The van der Waals surface area contributed by atoms with E-state index in [1.807, 2.05) is 17.0 Å². The van der Waals surface area contributed by atoms with Gasteiger partial charge in [-0.15, -0.1) is 11.3 Å². The Kier molecular flexibility index (Phi) is 4.48. The molecule has 0 unspecified atom stereocenters. The van der Waals surface area contributed by atoms with E-state index < -0.39 is 0 Å². The summed E-state index contributed by atoms with van der Waals surface area (Å²) in [4.78, 5) is 18.4. The van der Waals surface area contributed by atoms with Crippen molar-refractivity contribution in [1.82, 2.24) is 9.80 Å². The normalized spacial score (nSPS) is 18.5. The summed E-state index contributed by atoms with van der Waals surface area (Å²) in [5.74, 6) is 5.89. The van der Waals surface area contributed by atoms with E-state index in [1.54, 1.807) is 0 Å². The summed E-state index contributed by atoms with van der Waals surface area (Å²) in [6, 6.07) is 3.75. The molecule has 5 heteroatoms. The average Bonchev–Trinajstić information content (AvgIpc) is 2.87. The summed E-state index contributed by atoms with van der Waals surface area (Å²) in [5.41, 5.74) is 5.38. The lowest BCUT2D eigenvalue weighted by Crippen LogP contribution is -2.58. The molecule has 2 N–H and O–H groups in total. The summed E-state index contributed by atoms with van der Waals surface area (Å²) >= 11 is 1.44. The van der Waals surface area contributed by atoms with Gasteiger partial charge >= 0.3 is 0 Å². The van der Waals surface area contributed by atoms with Crippen molar-refractivity contribution in [3.05, 3.63) is 21.9 Å². The number of hydrogen-bond donors (Lipinski definition) is 1. The molecule has 4 nitrogen and oxygen atoms in total. The maximum Gasteiger partial charge on any atom is 0.264 e. The number of hydrogen-bond acceptors (Lipinski definition) is 4. The molecule has 2 rings (SSSR count). The van der Waals surface area contributed by atoms with Crippen LogP contribution in [0.4, 0.5) is 0 Å². The second-order valence-corrected chi connectivity index (χ2v) is 6.71. The predicted molar refractivity (Wildman–Crippen MR) is 82.9 cm³/mol. The number of carbonyl (C=O) groups is 1. The van der Waals surface area contributed by atoms with Crippen molar-refractivity contribution in [2.45, 2.75) is 19.4 Å². The third-order valence-corrected chi connectivity index (χ3v) is 4.72. The molecule has 1 amide bonds. The summed E-state index contributed by atoms with van der Waals surface area (Å²) in [5, 5.41) is 0. The van der Waals surface area contributed by atoms with Gasteiger partial charge in [-0.3, -0.25) is 9.69 Å². The van der Waals surface area contributed by atoms with Crippen LogP contribution < -0.4 is 5.73 Å². The Labute approximate surface area is 124 Å². The van der Waals surface area contributed by atoms with E-state index in [-0.39, 0.29) is 11.4 Å². The number of thiophene rings is 1. The molecule has 20 heavy (non-hydrogen) atoms. The zero-order valence-corrected chi connectivity index (χ0v) is 13.1.